The molecule has 3 fully saturated rings. The molecule has 0 aromatic heterocycles. The minimum atomic E-state index is 0.455. The lowest BCUT2D eigenvalue weighted by Crippen LogP contribution is -2.36. The number of hydrogen-bond donors (Lipinski definition) is 0. The smallest absolute Gasteiger partial charge is 0.136 e. The maximum atomic E-state index is 11.0. The first kappa shape index (κ1) is 6.18. The van der Waals surface area contributed by atoms with E-state index in [1.54, 1.807) is 7.11 Å². The Hall–Kier alpha value is -0.370. The molecule has 2 nitrogen and oxygen atoms in total. The van der Waals surface area contributed by atoms with Crippen LogP contribution in [0.15, 0.2) is 0 Å². The highest BCUT2D eigenvalue weighted by Crippen LogP contribution is 2.64. The second kappa shape index (κ2) is 1.69. The molecule has 0 saturated heterocycles. The highest BCUT2D eigenvalue weighted by molar-refractivity contribution is 5.88. The predicted molar refractivity (Wildman–Crippen MR) is 39.0 cm³/mol. The van der Waals surface area contributed by atoms with E-state index in [4.69, 9.17) is 4.74 Å². The normalized spacial score (nSPS) is 58.3. The van der Waals surface area contributed by atoms with E-state index in [2.05, 4.69) is 0 Å². The van der Waals surface area contributed by atoms with Gasteiger partial charge in [0, 0.05) is 19.4 Å². The van der Waals surface area contributed by atoms with Crippen LogP contribution in [-0.2, 0) is 9.53 Å². The van der Waals surface area contributed by atoms with Crippen molar-refractivity contribution >= 4 is 5.78 Å². The molecule has 2 heteroatoms. The average Bonchev–Trinajstić information content (AvgIpc) is 2.60. The first-order valence-corrected chi connectivity index (χ1v) is 4.38. The van der Waals surface area contributed by atoms with Gasteiger partial charge in [-0.05, 0) is 24.2 Å². The monoisotopic (exact) mass is 152 g/mol. The molecule has 0 spiro atoms. The molecule has 3 rings (SSSR count). The van der Waals surface area contributed by atoms with Crippen LogP contribution in [0.2, 0.25) is 0 Å². The van der Waals surface area contributed by atoms with Gasteiger partial charge in [0.05, 0.1) is 6.10 Å². The number of carbonyl (C=O) groups excluding carboxylic acids is 1. The Morgan fingerprint density at radius 2 is 2.27 bits per heavy atom. The molecule has 11 heavy (non-hydrogen) atoms. The van der Waals surface area contributed by atoms with Gasteiger partial charge in [0.2, 0.25) is 0 Å². The van der Waals surface area contributed by atoms with Gasteiger partial charge >= 0.3 is 0 Å². The van der Waals surface area contributed by atoms with E-state index in [0.717, 1.165) is 30.6 Å². The molecule has 0 amide bonds. The molecule has 0 bridgehead atoms. The summed E-state index contributed by atoms with van der Waals surface area (Å²) in [5, 5.41) is 0. The van der Waals surface area contributed by atoms with Crippen molar-refractivity contribution in [3.8, 4) is 0 Å². The number of Topliss-reactive ketones (excluding diaryl/α,β-unsaturated/α-hetero) is 1. The maximum Gasteiger partial charge on any atom is 0.136 e. The number of carbonyl (C=O) groups is 1. The summed E-state index contributed by atoms with van der Waals surface area (Å²) in [6.07, 6.45) is 2.50. The van der Waals surface area contributed by atoms with Gasteiger partial charge in [-0.1, -0.05) is 0 Å². The van der Waals surface area contributed by atoms with Crippen LogP contribution in [0.5, 0.6) is 0 Å². The molecule has 5 atom stereocenters. The third-order valence-electron chi connectivity index (χ3n) is 3.81. The lowest BCUT2D eigenvalue weighted by molar-refractivity contribution is -0.134. The summed E-state index contributed by atoms with van der Waals surface area (Å²) in [5.41, 5.74) is 0. The van der Waals surface area contributed by atoms with E-state index in [0.29, 0.717) is 17.8 Å². The molecule has 0 heterocycles. The second-order valence-corrected chi connectivity index (χ2v) is 4.12. The molecule has 0 aromatic carbocycles. The third-order valence-corrected chi connectivity index (χ3v) is 3.81. The van der Waals surface area contributed by atoms with Crippen molar-refractivity contribution in [1.82, 2.24) is 0 Å². The summed E-state index contributed by atoms with van der Waals surface area (Å²) in [7, 11) is 1.79. The van der Waals surface area contributed by atoms with Crippen molar-refractivity contribution in [2.24, 2.45) is 23.7 Å². The Morgan fingerprint density at radius 1 is 1.45 bits per heavy atom. The van der Waals surface area contributed by atoms with Gasteiger partial charge in [-0.2, -0.15) is 0 Å². The fourth-order valence-corrected chi connectivity index (χ4v) is 3.16. The van der Waals surface area contributed by atoms with E-state index in [-0.39, 0.29) is 0 Å². The van der Waals surface area contributed by atoms with Gasteiger partial charge in [0.1, 0.15) is 5.78 Å². The van der Waals surface area contributed by atoms with Crippen molar-refractivity contribution in [2.45, 2.75) is 18.9 Å². The Balaban J connectivity index is 1.77. The first-order chi connectivity index (χ1) is 5.33. The van der Waals surface area contributed by atoms with Crippen molar-refractivity contribution in [1.29, 1.82) is 0 Å². The van der Waals surface area contributed by atoms with Crippen LogP contribution in [0, 0.1) is 23.7 Å². The van der Waals surface area contributed by atoms with Crippen molar-refractivity contribution < 1.29 is 9.53 Å². The Bertz CT molecular complexity index is 224. The SMILES string of the molecule is COC1C2CC3C(=O)CC3C21. The van der Waals surface area contributed by atoms with Gasteiger partial charge in [-0.25, -0.2) is 0 Å². The predicted octanol–water partition coefficient (Wildman–Crippen LogP) is 0.856. The molecule has 3 aliphatic carbocycles. The van der Waals surface area contributed by atoms with E-state index >= 15 is 0 Å². The fourth-order valence-electron chi connectivity index (χ4n) is 3.16. The summed E-state index contributed by atoms with van der Waals surface area (Å²) in [6.45, 7) is 0. The van der Waals surface area contributed by atoms with Crippen LogP contribution < -0.4 is 0 Å². The van der Waals surface area contributed by atoms with Crippen LogP contribution in [-0.4, -0.2) is 19.0 Å². The van der Waals surface area contributed by atoms with Gasteiger partial charge in [0.15, 0.2) is 0 Å². The Labute approximate surface area is 65.9 Å². The van der Waals surface area contributed by atoms with Crippen LogP contribution in [0.3, 0.4) is 0 Å². The molecule has 0 radical (unpaired) electrons. The van der Waals surface area contributed by atoms with Gasteiger partial charge in [0.25, 0.3) is 0 Å². The Kier molecular flexibility index (Phi) is 0.947. The number of methoxy groups -OCH3 is 1. The molecule has 0 N–H and O–H groups in total. The molecular formula is C9H12O2. The number of rotatable bonds is 1. The van der Waals surface area contributed by atoms with Crippen molar-refractivity contribution in [2.75, 3.05) is 7.11 Å². The van der Waals surface area contributed by atoms with Gasteiger partial charge in [-0.3, -0.25) is 4.79 Å². The van der Waals surface area contributed by atoms with Crippen molar-refractivity contribution in [3.63, 3.8) is 0 Å². The number of ketones is 1. The zero-order valence-electron chi connectivity index (χ0n) is 6.62. The van der Waals surface area contributed by atoms with Gasteiger partial charge in [-0.15, -0.1) is 0 Å². The summed E-state index contributed by atoms with van der Waals surface area (Å²) >= 11 is 0. The van der Waals surface area contributed by atoms with Crippen molar-refractivity contribution in [3.05, 3.63) is 0 Å². The second-order valence-electron chi connectivity index (χ2n) is 4.12. The van der Waals surface area contributed by atoms with Crippen LogP contribution >= 0.6 is 0 Å². The zero-order valence-corrected chi connectivity index (χ0v) is 6.62. The number of ether oxygens (including phenoxy) is 1. The standard InChI is InChI=1S/C9H12O2/c1-11-9-6-2-4-5(8(6)9)3-7(4)10/h4-6,8-9H,2-3H2,1H3. The van der Waals surface area contributed by atoms with Crippen LogP contribution in [0.4, 0.5) is 0 Å². The Morgan fingerprint density at radius 3 is 2.82 bits per heavy atom. The van der Waals surface area contributed by atoms with Gasteiger partial charge < -0.3 is 4.74 Å². The third kappa shape index (κ3) is 0.560. The highest BCUT2D eigenvalue weighted by atomic mass is 16.5. The summed E-state index contributed by atoms with van der Waals surface area (Å²) in [4.78, 5) is 11.0. The molecule has 3 saturated carbocycles. The molecular weight excluding hydrogens is 140 g/mol. The lowest BCUT2D eigenvalue weighted by atomic mass is 9.72. The quantitative estimate of drug-likeness (QED) is 0.557. The van der Waals surface area contributed by atoms with E-state index in [1.165, 1.54) is 0 Å². The number of hydrogen-bond acceptors (Lipinski definition) is 2. The first-order valence-electron chi connectivity index (χ1n) is 4.38. The minimum absolute atomic E-state index is 0.455. The van der Waals surface area contributed by atoms with Crippen LogP contribution in [0.25, 0.3) is 0 Å². The molecule has 5 unspecified atom stereocenters. The summed E-state index contributed by atoms with van der Waals surface area (Å²) < 4.78 is 5.30. The van der Waals surface area contributed by atoms with E-state index in [9.17, 15) is 4.79 Å². The van der Waals surface area contributed by atoms with Crippen LogP contribution in [0.1, 0.15) is 12.8 Å². The zero-order chi connectivity index (χ0) is 7.59. The lowest BCUT2D eigenvalue weighted by Gasteiger charge is -2.31. The molecule has 0 aromatic rings. The minimum Gasteiger partial charge on any atom is -0.381 e. The van der Waals surface area contributed by atoms with E-state index in [1.807, 2.05) is 0 Å². The molecule has 0 aliphatic heterocycles. The molecule has 60 valence electrons. The summed E-state index contributed by atoms with van der Waals surface area (Å²) in [6, 6.07) is 0. The average molecular weight is 152 g/mol. The largest absolute Gasteiger partial charge is 0.381 e. The summed E-state index contributed by atoms with van der Waals surface area (Å²) in [5.74, 6) is 3.20. The fraction of sp³-hybridized carbons (Fsp3) is 0.889. The highest BCUT2D eigenvalue weighted by Gasteiger charge is 2.67. The topological polar surface area (TPSA) is 26.3 Å². The molecule has 3 aliphatic rings. The van der Waals surface area contributed by atoms with E-state index < -0.39 is 0 Å². The number of fused-ring (bicyclic) bond motifs is 3. The maximum absolute atomic E-state index is 11.0.